The Labute approximate surface area is 208 Å². The highest BCUT2D eigenvalue weighted by Crippen LogP contribution is 2.49. The molecule has 0 atom stereocenters. The molecule has 0 bridgehead atoms. The number of likely N-dealkylation sites (tertiary alicyclic amines) is 1. The number of para-hydroxylation sites is 2. The van der Waals surface area contributed by atoms with Crippen LogP contribution in [0.2, 0.25) is 0 Å². The van der Waals surface area contributed by atoms with Crippen LogP contribution in [0.15, 0.2) is 78.9 Å². The van der Waals surface area contributed by atoms with Gasteiger partial charge >= 0.3 is 0 Å². The van der Waals surface area contributed by atoms with Gasteiger partial charge in [0.1, 0.15) is 5.75 Å². The summed E-state index contributed by atoms with van der Waals surface area (Å²) < 4.78 is 9.32. The number of benzene rings is 3. The highest BCUT2D eigenvalue weighted by molar-refractivity contribution is 5.93. The van der Waals surface area contributed by atoms with E-state index in [1.54, 1.807) is 5.56 Å². The van der Waals surface area contributed by atoms with Crippen LogP contribution < -0.4 is 4.74 Å². The van der Waals surface area contributed by atoms with Crippen LogP contribution in [-0.4, -0.2) is 29.2 Å². The van der Waals surface area contributed by atoms with Crippen molar-refractivity contribution in [3.63, 3.8) is 0 Å². The number of fused-ring (bicyclic) bond motifs is 5. The van der Waals surface area contributed by atoms with E-state index in [2.05, 4.69) is 88.3 Å². The van der Waals surface area contributed by atoms with Crippen molar-refractivity contribution in [2.75, 3.05) is 19.7 Å². The molecule has 0 amide bonds. The molecule has 3 aliphatic rings. The van der Waals surface area contributed by atoms with E-state index < -0.39 is 0 Å². The van der Waals surface area contributed by atoms with Crippen molar-refractivity contribution in [2.45, 2.75) is 51.1 Å². The lowest BCUT2D eigenvalue weighted by Gasteiger charge is -2.51. The minimum Gasteiger partial charge on any atom is -0.492 e. The fraction of sp³-hybridized carbons (Fsp3) is 0.375. The molecule has 7 rings (SSSR count). The summed E-state index contributed by atoms with van der Waals surface area (Å²) >= 11 is 0. The van der Waals surface area contributed by atoms with Crippen LogP contribution in [0.1, 0.15) is 49.1 Å². The molecule has 1 aliphatic carbocycles. The van der Waals surface area contributed by atoms with Crippen molar-refractivity contribution in [1.29, 1.82) is 0 Å². The highest BCUT2D eigenvalue weighted by atomic mass is 16.5. The third-order valence-corrected chi connectivity index (χ3v) is 8.56. The maximum atomic E-state index is 6.64. The second-order valence-electron chi connectivity index (χ2n) is 11.1. The molecule has 178 valence electrons. The Morgan fingerprint density at radius 3 is 2.37 bits per heavy atom. The quantitative estimate of drug-likeness (QED) is 0.319. The first-order valence-corrected chi connectivity index (χ1v) is 13.4. The zero-order valence-electron chi connectivity index (χ0n) is 20.5. The van der Waals surface area contributed by atoms with E-state index in [0.29, 0.717) is 5.92 Å². The zero-order valence-corrected chi connectivity index (χ0v) is 20.5. The summed E-state index contributed by atoms with van der Waals surface area (Å²) in [7, 11) is 0. The minimum atomic E-state index is 0.142. The molecule has 2 fully saturated rings. The second kappa shape index (κ2) is 8.57. The lowest BCUT2D eigenvalue weighted by atomic mass is 9.79. The smallest absolute Gasteiger partial charge is 0.128 e. The van der Waals surface area contributed by atoms with Gasteiger partial charge < -0.3 is 9.30 Å². The lowest BCUT2D eigenvalue weighted by Crippen LogP contribution is -2.60. The van der Waals surface area contributed by atoms with Crippen molar-refractivity contribution >= 4 is 10.9 Å². The molecular weight excluding hydrogens is 428 g/mol. The summed E-state index contributed by atoms with van der Waals surface area (Å²) in [6.07, 6.45) is 6.69. The fourth-order valence-corrected chi connectivity index (χ4v) is 7.04. The fourth-order valence-electron chi connectivity index (χ4n) is 7.04. The van der Waals surface area contributed by atoms with Gasteiger partial charge in [0.2, 0.25) is 0 Å². The van der Waals surface area contributed by atoms with Gasteiger partial charge in [-0.15, -0.1) is 0 Å². The Kier molecular flexibility index (Phi) is 5.20. The van der Waals surface area contributed by atoms with Crippen LogP contribution in [0.4, 0.5) is 0 Å². The van der Waals surface area contributed by atoms with E-state index in [1.807, 2.05) is 0 Å². The molecule has 1 spiro atoms. The van der Waals surface area contributed by atoms with E-state index in [0.717, 1.165) is 38.5 Å². The van der Waals surface area contributed by atoms with Crippen LogP contribution >= 0.6 is 0 Å². The third kappa shape index (κ3) is 3.68. The molecule has 35 heavy (non-hydrogen) atoms. The molecule has 3 heteroatoms. The van der Waals surface area contributed by atoms with Gasteiger partial charge in [0.15, 0.2) is 0 Å². The van der Waals surface area contributed by atoms with Crippen LogP contribution in [0, 0.1) is 5.41 Å². The molecule has 3 nitrogen and oxygen atoms in total. The van der Waals surface area contributed by atoms with Gasteiger partial charge in [-0.1, -0.05) is 79.9 Å². The van der Waals surface area contributed by atoms with Crippen LogP contribution in [0.5, 0.6) is 5.75 Å². The minimum absolute atomic E-state index is 0.142. The molecule has 2 aliphatic heterocycles. The Morgan fingerprint density at radius 1 is 0.771 bits per heavy atom. The number of hydrogen-bond donors (Lipinski definition) is 0. The molecule has 3 aromatic carbocycles. The first-order valence-electron chi connectivity index (χ1n) is 13.4. The molecule has 0 N–H and O–H groups in total. The Morgan fingerprint density at radius 2 is 1.51 bits per heavy atom. The predicted octanol–water partition coefficient (Wildman–Crippen LogP) is 7.25. The molecule has 4 aromatic rings. The first-order chi connectivity index (χ1) is 17.3. The third-order valence-electron chi connectivity index (χ3n) is 8.56. The highest BCUT2D eigenvalue weighted by Gasteiger charge is 2.46. The van der Waals surface area contributed by atoms with E-state index in [4.69, 9.17) is 4.74 Å². The number of nitrogens with zero attached hydrogens (tertiary/aromatic N) is 2. The molecule has 3 heterocycles. The standard InChI is InChI=1S/C32H34N2O/c1-3-11-24(12-4-1)19-33-20-32(21-33)22-34-28-17-9-7-15-26(28)30(25-13-5-2-6-14-25)31(34)27-16-8-10-18-29(27)35-23-32/h1,3-4,7-12,15-18,25H,2,5-6,13-14,19-23H2. The van der Waals surface area contributed by atoms with Gasteiger partial charge in [0, 0.05) is 48.1 Å². The van der Waals surface area contributed by atoms with Crippen molar-refractivity contribution in [2.24, 2.45) is 5.41 Å². The van der Waals surface area contributed by atoms with Crippen molar-refractivity contribution in [1.82, 2.24) is 9.47 Å². The summed E-state index contributed by atoms with van der Waals surface area (Å²) in [5.41, 5.74) is 7.22. The Hall–Kier alpha value is -3.04. The van der Waals surface area contributed by atoms with Crippen molar-refractivity contribution < 1.29 is 4.74 Å². The van der Waals surface area contributed by atoms with E-state index in [-0.39, 0.29) is 5.41 Å². The van der Waals surface area contributed by atoms with Gasteiger partial charge in [-0.3, -0.25) is 4.90 Å². The average Bonchev–Trinajstić information content (AvgIpc) is 3.20. The molecule has 1 aromatic heterocycles. The number of aromatic nitrogens is 1. The number of hydrogen-bond acceptors (Lipinski definition) is 2. The number of rotatable bonds is 3. The van der Waals surface area contributed by atoms with E-state index in [1.165, 1.54) is 59.8 Å². The van der Waals surface area contributed by atoms with Crippen LogP contribution in [0.3, 0.4) is 0 Å². The molecule has 0 radical (unpaired) electrons. The van der Waals surface area contributed by atoms with Gasteiger partial charge in [-0.2, -0.15) is 0 Å². The second-order valence-corrected chi connectivity index (χ2v) is 11.1. The van der Waals surface area contributed by atoms with Crippen molar-refractivity contribution in [3.8, 4) is 17.0 Å². The first kappa shape index (κ1) is 21.3. The van der Waals surface area contributed by atoms with Crippen LogP contribution in [0.25, 0.3) is 22.2 Å². The largest absolute Gasteiger partial charge is 0.492 e. The Bertz CT molecular complexity index is 1340. The van der Waals surface area contributed by atoms with Gasteiger partial charge in [-0.25, -0.2) is 0 Å². The Balaban J connectivity index is 1.33. The van der Waals surface area contributed by atoms with Gasteiger partial charge in [0.25, 0.3) is 0 Å². The molecule has 0 unspecified atom stereocenters. The topological polar surface area (TPSA) is 17.4 Å². The molecular formula is C32H34N2O. The summed E-state index contributed by atoms with van der Waals surface area (Å²) in [5, 5.41) is 1.46. The summed E-state index contributed by atoms with van der Waals surface area (Å²) in [5.74, 6) is 1.69. The average molecular weight is 463 g/mol. The van der Waals surface area contributed by atoms with E-state index >= 15 is 0 Å². The SMILES string of the molecule is c1ccc(CN2CC3(COc4ccccc4-c4c(C5CCCCC5)c5ccccc5n4C3)C2)cc1. The maximum absolute atomic E-state index is 6.64. The summed E-state index contributed by atoms with van der Waals surface area (Å²) in [4.78, 5) is 2.58. The van der Waals surface area contributed by atoms with Crippen molar-refractivity contribution in [3.05, 3.63) is 90.0 Å². The molecule has 1 saturated carbocycles. The lowest BCUT2D eigenvalue weighted by molar-refractivity contribution is -0.0504. The zero-order chi connectivity index (χ0) is 23.2. The maximum Gasteiger partial charge on any atom is 0.128 e. The predicted molar refractivity (Wildman–Crippen MR) is 143 cm³/mol. The summed E-state index contributed by atoms with van der Waals surface area (Å²) in [6.45, 7) is 4.98. The summed E-state index contributed by atoms with van der Waals surface area (Å²) in [6, 6.07) is 28.8. The van der Waals surface area contributed by atoms with Gasteiger partial charge in [-0.05, 0) is 48.1 Å². The molecule has 1 saturated heterocycles. The monoisotopic (exact) mass is 462 g/mol. The van der Waals surface area contributed by atoms with E-state index in [9.17, 15) is 0 Å². The van der Waals surface area contributed by atoms with Gasteiger partial charge in [0.05, 0.1) is 12.3 Å². The van der Waals surface area contributed by atoms with Crippen LogP contribution in [-0.2, 0) is 13.1 Å². The number of ether oxygens (including phenoxy) is 1. The normalized spacial score (nSPS) is 19.9.